The minimum atomic E-state index is -1.40. The molecule has 0 aliphatic rings. The highest BCUT2D eigenvalue weighted by molar-refractivity contribution is 7.69. The van der Waals surface area contributed by atoms with Crippen molar-refractivity contribution in [3.8, 4) is 23.2 Å². The van der Waals surface area contributed by atoms with Crippen LogP contribution < -0.4 is 0 Å². The summed E-state index contributed by atoms with van der Waals surface area (Å²) in [5.74, 6) is 6.86. The molecule has 0 rings (SSSR count). The van der Waals surface area contributed by atoms with Gasteiger partial charge >= 0.3 is 0 Å². The van der Waals surface area contributed by atoms with Gasteiger partial charge in [-0.25, -0.2) is 0 Å². The maximum atomic E-state index is 3.58. The van der Waals surface area contributed by atoms with Gasteiger partial charge in [-0.2, -0.15) is 0 Å². The summed E-state index contributed by atoms with van der Waals surface area (Å²) >= 11 is 0. The van der Waals surface area contributed by atoms with E-state index in [4.69, 9.17) is 0 Å². The van der Waals surface area contributed by atoms with Gasteiger partial charge in [0, 0.05) is 12.8 Å². The lowest BCUT2D eigenvalue weighted by molar-refractivity contribution is 0.828. The average Bonchev–Trinajstić information content (AvgIpc) is 2.36. The molecule has 0 spiro atoms. The molecule has 0 aromatic carbocycles. The van der Waals surface area contributed by atoms with Crippen LogP contribution in [0.2, 0.25) is 39.3 Å². The second kappa shape index (κ2) is 10.7. The fraction of sp³-hybridized carbons (Fsp3) is 0.778. The van der Waals surface area contributed by atoms with E-state index in [2.05, 4.69) is 80.3 Å². The first-order chi connectivity index (χ1) is 10.1. The molecule has 0 aromatic heterocycles. The van der Waals surface area contributed by atoms with Crippen molar-refractivity contribution in [1.82, 2.24) is 4.00 Å². The molecule has 0 bridgehead atoms. The summed E-state index contributed by atoms with van der Waals surface area (Å²) in [5.41, 5.74) is 7.16. The van der Waals surface area contributed by atoms with Crippen LogP contribution in [0.1, 0.15) is 52.4 Å². The molecule has 22 heavy (non-hydrogen) atoms. The number of hydrogen-bond donors (Lipinski definition) is 0. The van der Waals surface area contributed by atoms with E-state index in [0.717, 1.165) is 12.8 Å². The van der Waals surface area contributed by atoms with Crippen molar-refractivity contribution in [3.05, 3.63) is 0 Å². The van der Waals surface area contributed by atoms with Gasteiger partial charge in [-0.05, 0) is 24.2 Å². The van der Waals surface area contributed by atoms with Crippen LogP contribution in [0.5, 0.6) is 0 Å². The Morgan fingerprint density at radius 3 is 1.36 bits per heavy atom. The van der Waals surface area contributed by atoms with Crippen LogP contribution in [-0.2, 0) is 0 Å². The van der Waals surface area contributed by atoms with Gasteiger partial charge in [0.25, 0.3) is 0 Å². The van der Waals surface area contributed by atoms with Gasteiger partial charge in [0.2, 0.25) is 0 Å². The second-order valence-electron chi connectivity index (χ2n) is 7.75. The van der Waals surface area contributed by atoms with Gasteiger partial charge in [0.15, 0.2) is 0 Å². The lowest BCUT2D eigenvalue weighted by Gasteiger charge is -2.44. The summed E-state index contributed by atoms with van der Waals surface area (Å²) in [5, 5.41) is 0. The summed E-state index contributed by atoms with van der Waals surface area (Å²) < 4.78 is 2.80. The summed E-state index contributed by atoms with van der Waals surface area (Å²) in [4.78, 5) is 0. The largest absolute Gasteiger partial charge is 0.305 e. The standard InChI is InChI=1S/C18H36NPSi2/c1-9-11-13-15-17-20(18-16-14-12-10-2)19(21(3,4)5)22(6,7)8/h9-14H2,1-8H3. The quantitative estimate of drug-likeness (QED) is 0.214. The molecule has 0 heterocycles. The third-order valence-corrected chi connectivity index (χ3v) is 15.7. The molecule has 0 saturated heterocycles. The molecular formula is C18H36NPSi2. The maximum Gasteiger partial charge on any atom is 0.117 e. The Morgan fingerprint density at radius 1 is 0.727 bits per heavy atom. The molecule has 0 aliphatic carbocycles. The Kier molecular flexibility index (Phi) is 10.6. The minimum absolute atomic E-state index is 0.599. The van der Waals surface area contributed by atoms with Crippen molar-refractivity contribution in [2.45, 2.75) is 91.7 Å². The van der Waals surface area contributed by atoms with E-state index in [1.807, 2.05) is 0 Å². The predicted octanol–water partition coefficient (Wildman–Crippen LogP) is 6.66. The van der Waals surface area contributed by atoms with E-state index in [9.17, 15) is 0 Å². The van der Waals surface area contributed by atoms with Crippen LogP contribution >= 0.6 is 8.07 Å². The smallest absolute Gasteiger partial charge is 0.117 e. The highest BCUT2D eigenvalue weighted by Crippen LogP contribution is 2.46. The number of unbranched alkanes of at least 4 members (excludes halogenated alkanes) is 4. The van der Waals surface area contributed by atoms with E-state index in [-0.39, 0.29) is 0 Å². The van der Waals surface area contributed by atoms with Gasteiger partial charge < -0.3 is 4.00 Å². The fourth-order valence-electron chi connectivity index (χ4n) is 2.53. The van der Waals surface area contributed by atoms with Crippen molar-refractivity contribution >= 4 is 24.5 Å². The van der Waals surface area contributed by atoms with Gasteiger partial charge in [0.1, 0.15) is 24.5 Å². The first-order valence-electron chi connectivity index (χ1n) is 8.72. The Morgan fingerprint density at radius 2 is 1.09 bits per heavy atom. The Balaban J connectivity index is 5.37. The third-order valence-electron chi connectivity index (χ3n) is 3.15. The van der Waals surface area contributed by atoms with E-state index in [1.165, 1.54) is 25.7 Å². The minimum Gasteiger partial charge on any atom is -0.305 e. The average molecular weight is 354 g/mol. The van der Waals surface area contributed by atoms with E-state index >= 15 is 0 Å². The van der Waals surface area contributed by atoms with Crippen LogP contribution in [0, 0.1) is 23.2 Å². The first kappa shape index (κ1) is 21.9. The molecule has 4 heteroatoms. The molecule has 0 atom stereocenters. The number of hydrogen-bond acceptors (Lipinski definition) is 1. The van der Waals surface area contributed by atoms with Crippen molar-refractivity contribution in [3.63, 3.8) is 0 Å². The zero-order valence-corrected chi connectivity index (χ0v) is 19.0. The zero-order valence-electron chi connectivity index (χ0n) is 16.1. The molecule has 0 unspecified atom stereocenters. The van der Waals surface area contributed by atoms with E-state index < -0.39 is 24.5 Å². The number of nitrogens with zero attached hydrogens (tertiary/aromatic N) is 1. The molecule has 0 aromatic rings. The van der Waals surface area contributed by atoms with Crippen molar-refractivity contribution in [1.29, 1.82) is 0 Å². The molecule has 0 aliphatic heterocycles. The lowest BCUT2D eigenvalue weighted by atomic mass is 10.3. The monoisotopic (exact) mass is 353 g/mol. The SMILES string of the molecule is CCCCC#CP(C#CCCCC)N([Si](C)(C)C)[Si](C)(C)C. The van der Waals surface area contributed by atoms with Crippen molar-refractivity contribution in [2.24, 2.45) is 0 Å². The molecule has 0 amide bonds. The topological polar surface area (TPSA) is 3.24 Å². The van der Waals surface area contributed by atoms with Gasteiger partial charge in [-0.3, -0.25) is 0 Å². The summed E-state index contributed by atoms with van der Waals surface area (Å²) in [7, 11) is -3.41. The Hall–Kier alpha value is -0.0562. The summed E-state index contributed by atoms with van der Waals surface area (Å²) in [6.45, 7) is 19.1. The predicted molar refractivity (Wildman–Crippen MR) is 110 cm³/mol. The molecule has 0 fully saturated rings. The van der Waals surface area contributed by atoms with Gasteiger partial charge in [-0.1, -0.05) is 77.8 Å². The van der Waals surface area contributed by atoms with Gasteiger partial charge in [-0.15, -0.1) is 0 Å². The molecular weight excluding hydrogens is 317 g/mol. The highest BCUT2D eigenvalue weighted by atomic mass is 31.1. The van der Waals surface area contributed by atoms with Crippen LogP contribution in [0.4, 0.5) is 0 Å². The van der Waals surface area contributed by atoms with Crippen LogP contribution in [-0.4, -0.2) is 20.5 Å². The van der Waals surface area contributed by atoms with Crippen LogP contribution in [0.15, 0.2) is 0 Å². The summed E-state index contributed by atoms with van der Waals surface area (Å²) in [6, 6.07) is 0. The first-order valence-corrected chi connectivity index (χ1v) is 16.9. The van der Waals surface area contributed by atoms with Crippen LogP contribution in [0.3, 0.4) is 0 Å². The Bertz CT molecular complexity index is 386. The van der Waals surface area contributed by atoms with E-state index in [0.29, 0.717) is 0 Å². The Labute approximate surface area is 143 Å². The third kappa shape index (κ3) is 9.17. The molecule has 0 saturated carbocycles. The zero-order chi connectivity index (χ0) is 17.2. The van der Waals surface area contributed by atoms with E-state index in [1.54, 1.807) is 0 Å². The van der Waals surface area contributed by atoms with Crippen molar-refractivity contribution in [2.75, 3.05) is 0 Å². The molecule has 1 nitrogen and oxygen atoms in total. The van der Waals surface area contributed by atoms with Crippen LogP contribution in [0.25, 0.3) is 0 Å². The molecule has 126 valence electrons. The second-order valence-corrected chi connectivity index (χ2v) is 20.0. The van der Waals surface area contributed by atoms with Crippen molar-refractivity contribution < 1.29 is 0 Å². The summed E-state index contributed by atoms with van der Waals surface area (Å²) in [6.07, 6.45) is 6.91. The maximum absolute atomic E-state index is 3.58. The normalized spacial score (nSPS) is 11.9. The molecule has 0 N–H and O–H groups in total. The van der Waals surface area contributed by atoms with Gasteiger partial charge in [0.05, 0.1) is 0 Å². The highest BCUT2D eigenvalue weighted by Gasteiger charge is 2.38. The fourth-order valence-corrected chi connectivity index (χ4v) is 16.8. The lowest BCUT2D eigenvalue weighted by Crippen LogP contribution is -2.55. The molecule has 0 radical (unpaired) electrons. The number of rotatable bonds is 7.